The maximum atomic E-state index is 14.1. The molecule has 0 saturated heterocycles. The number of rotatable bonds is 5. The molecule has 7 nitrogen and oxygen atoms in total. The monoisotopic (exact) mass is 383 g/mol. The first-order valence-corrected chi connectivity index (χ1v) is 7.76. The molecule has 0 spiro atoms. The minimum atomic E-state index is -0.860. The van der Waals surface area contributed by atoms with Crippen LogP contribution in [0.3, 0.4) is 0 Å². The number of aryl methyl sites for hydroxylation is 1. The average Bonchev–Trinajstić information content (AvgIpc) is 2.97. The van der Waals surface area contributed by atoms with Gasteiger partial charge in [-0.2, -0.15) is 14.4 Å². The van der Waals surface area contributed by atoms with Crippen LogP contribution in [0.15, 0.2) is 24.8 Å². The van der Waals surface area contributed by atoms with E-state index in [1.165, 1.54) is 6.33 Å². The van der Waals surface area contributed by atoms with Crippen LogP contribution in [0.5, 0.6) is 0 Å². The van der Waals surface area contributed by atoms with Crippen LogP contribution < -0.4 is 10.6 Å². The van der Waals surface area contributed by atoms with Crippen LogP contribution in [0, 0.1) is 17.5 Å². The highest BCUT2D eigenvalue weighted by Crippen LogP contribution is 2.25. The van der Waals surface area contributed by atoms with Crippen LogP contribution in [0.25, 0.3) is 0 Å². The molecule has 0 unspecified atom stereocenters. The zero-order valence-electron chi connectivity index (χ0n) is 13.6. The van der Waals surface area contributed by atoms with E-state index in [1.54, 1.807) is 24.7 Å². The minimum Gasteiger partial charge on any atom is -0.346 e. The fourth-order valence-corrected chi connectivity index (χ4v) is 2.34. The quantitative estimate of drug-likeness (QED) is 0.655. The highest BCUT2D eigenvalue weighted by atomic mass is 35.5. The van der Waals surface area contributed by atoms with E-state index < -0.39 is 28.6 Å². The van der Waals surface area contributed by atoms with E-state index in [0.29, 0.717) is 11.9 Å². The Labute approximate surface area is 151 Å². The van der Waals surface area contributed by atoms with E-state index in [1.807, 2.05) is 0 Å². The lowest BCUT2D eigenvalue weighted by molar-refractivity contribution is 0.549. The summed E-state index contributed by atoms with van der Waals surface area (Å²) in [6.07, 6.45) is 4.03. The molecule has 0 saturated carbocycles. The van der Waals surface area contributed by atoms with Crippen LogP contribution in [0.4, 0.5) is 30.8 Å². The third kappa shape index (κ3) is 3.85. The summed E-state index contributed by atoms with van der Waals surface area (Å²) in [7, 11) is 1.75. The van der Waals surface area contributed by atoms with E-state index in [4.69, 9.17) is 11.6 Å². The first kappa shape index (κ1) is 17.9. The third-order valence-electron chi connectivity index (χ3n) is 3.35. The minimum absolute atomic E-state index is 0.0466. The zero-order chi connectivity index (χ0) is 18.8. The van der Waals surface area contributed by atoms with Crippen LogP contribution in [0.1, 0.15) is 18.7 Å². The van der Waals surface area contributed by atoms with Gasteiger partial charge in [-0.3, -0.25) is 4.98 Å². The Kier molecular flexibility index (Phi) is 4.94. The smallest absolute Gasteiger partial charge is 0.226 e. The lowest BCUT2D eigenvalue weighted by atomic mass is 10.2. The Morgan fingerprint density at radius 1 is 1.19 bits per heavy atom. The molecular weight excluding hydrogens is 371 g/mol. The zero-order valence-corrected chi connectivity index (χ0v) is 14.4. The predicted molar refractivity (Wildman–Crippen MR) is 89.7 cm³/mol. The van der Waals surface area contributed by atoms with Gasteiger partial charge in [0, 0.05) is 19.3 Å². The number of anilines is 3. The average molecular weight is 384 g/mol. The fraction of sp³-hybridized carbons (Fsp3) is 0.200. The molecule has 0 aliphatic rings. The van der Waals surface area contributed by atoms with Gasteiger partial charge in [0.25, 0.3) is 0 Å². The Hall–Kier alpha value is -2.88. The van der Waals surface area contributed by atoms with Crippen molar-refractivity contribution in [2.75, 3.05) is 10.6 Å². The molecule has 0 fully saturated rings. The molecule has 3 aromatic heterocycles. The number of imidazole rings is 1. The predicted octanol–water partition coefficient (Wildman–Crippen LogP) is 3.59. The Balaban J connectivity index is 1.85. The summed E-state index contributed by atoms with van der Waals surface area (Å²) >= 11 is 5.80. The number of halogens is 4. The maximum absolute atomic E-state index is 14.1. The van der Waals surface area contributed by atoms with Gasteiger partial charge in [0.05, 0.1) is 24.3 Å². The Morgan fingerprint density at radius 2 is 1.96 bits per heavy atom. The van der Waals surface area contributed by atoms with Gasteiger partial charge in [0.1, 0.15) is 17.5 Å². The summed E-state index contributed by atoms with van der Waals surface area (Å²) in [5, 5.41) is 5.01. The second kappa shape index (κ2) is 7.16. The van der Waals surface area contributed by atoms with E-state index in [2.05, 4.69) is 30.6 Å². The SMILES string of the molecule is C[C@H](Nc1nc(Cl)c(F)c(Nc2cn(C)cn2)n1)c1ncc(F)cc1F. The van der Waals surface area contributed by atoms with Gasteiger partial charge >= 0.3 is 0 Å². The Bertz CT molecular complexity index is 947. The lowest BCUT2D eigenvalue weighted by Crippen LogP contribution is -2.14. The summed E-state index contributed by atoms with van der Waals surface area (Å²) in [5.74, 6) is -2.39. The van der Waals surface area contributed by atoms with Crippen molar-refractivity contribution in [1.29, 1.82) is 0 Å². The van der Waals surface area contributed by atoms with E-state index in [-0.39, 0.29) is 17.5 Å². The number of pyridine rings is 1. The summed E-state index contributed by atoms with van der Waals surface area (Å²) in [6.45, 7) is 1.57. The van der Waals surface area contributed by atoms with Crippen molar-refractivity contribution >= 4 is 29.2 Å². The van der Waals surface area contributed by atoms with Crippen molar-refractivity contribution < 1.29 is 13.2 Å². The Morgan fingerprint density at radius 3 is 2.62 bits per heavy atom. The first-order valence-electron chi connectivity index (χ1n) is 7.39. The number of hydrogen-bond donors (Lipinski definition) is 2. The molecule has 3 aromatic rings. The molecule has 3 heterocycles. The number of nitrogens with one attached hydrogen (secondary N) is 2. The normalized spacial score (nSPS) is 12.1. The van der Waals surface area contributed by atoms with Crippen LogP contribution >= 0.6 is 11.6 Å². The molecule has 0 bridgehead atoms. The van der Waals surface area contributed by atoms with Gasteiger partial charge in [0.2, 0.25) is 11.8 Å². The molecule has 11 heteroatoms. The van der Waals surface area contributed by atoms with Gasteiger partial charge in [-0.05, 0) is 6.92 Å². The number of aromatic nitrogens is 5. The molecule has 26 heavy (non-hydrogen) atoms. The molecule has 0 aromatic carbocycles. The molecule has 3 rings (SSSR count). The highest BCUT2D eigenvalue weighted by molar-refractivity contribution is 6.29. The van der Waals surface area contributed by atoms with E-state index in [0.717, 1.165) is 6.20 Å². The summed E-state index contributed by atoms with van der Waals surface area (Å²) < 4.78 is 42.6. The summed E-state index contributed by atoms with van der Waals surface area (Å²) in [6, 6.07) is -0.00704. The van der Waals surface area contributed by atoms with Crippen molar-refractivity contribution in [2.45, 2.75) is 13.0 Å². The van der Waals surface area contributed by atoms with Gasteiger partial charge in [-0.1, -0.05) is 11.6 Å². The number of hydrogen-bond acceptors (Lipinski definition) is 6. The number of nitrogens with zero attached hydrogens (tertiary/aromatic N) is 5. The molecular formula is C15H13ClF3N7. The van der Waals surface area contributed by atoms with Gasteiger partial charge in [0.15, 0.2) is 11.0 Å². The largest absolute Gasteiger partial charge is 0.346 e. The topological polar surface area (TPSA) is 80.5 Å². The van der Waals surface area contributed by atoms with Gasteiger partial charge in [-0.25, -0.2) is 13.8 Å². The second-order valence-corrected chi connectivity index (χ2v) is 5.79. The third-order valence-corrected chi connectivity index (χ3v) is 3.60. The van der Waals surface area contributed by atoms with Crippen molar-refractivity contribution in [1.82, 2.24) is 24.5 Å². The molecule has 0 radical (unpaired) electrons. The summed E-state index contributed by atoms with van der Waals surface area (Å²) in [5.41, 5.74) is -0.0466. The van der Waals surface area contributed by atoms with Crippen LogP contribution in [-0.4, -0.2) is 24.5 Å². The van der Waals surface area contributed by atoms with Crippen molar-refractivity contribution in [3.63, 3.8) is 0 Å². The van der Waals surface area contributed by atoms with Crippen LogP contribution in [-0.2, 0) is 7.05 Å². The first-order chi connectivity index (χ1) is 12.3. The highest BCUT2D eigenvalue weighted by Gasteiger charge is 2.18. The van der Waals surface area contributed by atoms with Crippen molar-refractivity contribution in [3.05, 3.63) is 53.1 Å². The second-order valence-electron chi connectivity index (χ2n) is 5.44. The molecule has 0 aliphatic heterocycles. The fourth-order valence-electron chi connectivity index (χ4n) is 2.17. The molecule has 2 N–H and O–H groups in total. The molecule has 136 valence electrons. The van der Waals surface area contributed by atoms with E-state index in [9.17, 15) is 13.2 Å². The van der Waals surface area contributed by atoms with Crippen molar-refractivity contribution in [2.24, 2.45) is 7.05 Å². The van der Waals surface area contributed by atoms with Crippen LogP contribution in [0.2, 0.25) is 5.15 Å². The van der Waals surface area contributed by atoms with Crippen molar-refractivity contribution in [3.8, 4) is 0 Å². The molecule has 1 atom stereocenters. The summed E-state index contributed by atoms with van der Waals surface area (Å²) in [4.78, 5) is 15.5. The van der Waals surface area contributed by atoms with Gasteiger partial charge < -0.3 is 15.2 Å². The maximum Gasteiger partial charge on any atom is 0.226 e. The molecule has 0 amide bonds. The lowest BCUT2D eigenvalue weighted by Gasteiger charge is -2.15. The standard InChI is InChI=1S/C15H13ClF3N7/c1-7(12-9(18)3-8(17)4-20-12)22-15-24-13(16)11(19)14(25-15)23-10-5-26(2)6-21-10/h3-7H,1-2H3,(H2,22,23,24,25)/t7-/m0/s1. The van der Waals surface area contributed by atoms with E-state index >= 15 is 0 Å². The van der Waals surface area contributed by atoms with Gasteiger partial charge in [-0.15, -0.1) is 0 Å². The molecule has 0 aliphatic carbocycles.